The van der Waals surface area contributed by atoms with E-state index in [0.717, 1.165) is 6.07 Å². The predicted molar refractivity (Wildman–Crippen MR) is 75.0 cm³/mol. The van der Waals surface area contributed by atoms with Crippen LogP contribution in [0.4, 0.5) is 4.39 Å². The van der Waals surface area contributed by atoms with E-state index >= 15 is 0 Å². The number of benzene rings is 1. The molecule has 0 fully saturated rings. The second kappa shape index (κ2) is 5.16. The van der Waals surface area contributed by atoms with Gasteiger partial charge in [-0.3, -0.25) is 0 Å². The van der Waals surface area contributed by atoms with Gasteiger partial charge in [0.15, 0.2) is 0 Å². The lowest BCUT2D eigenvalue weighted by molar-refractivity contribution is 0.439. The Balaban J connectivity index is 2.09. The summed E-state index contributed by atoms with van der Waals surface area (Å²) in [5.41, 5.74) is 0. The Bertz CT molecular complexity index is 810. The monoisotopic (exact) mass is 376 g/mol. The zero-order valence-corrected chi connectivity index (χ0v) is 12.6. The van der Waals surface area contributed by atoms with Crippen LogP contribution in [0.15, 0.2) is 29.0 Å². The molecule has 0 bridgehead atoms. The number of halogens is 4. The summed E-state index contributed by atoms with van der Waals surface area (Å²) in [5, 5.41) is 4.12. The van der Waals surface area contributed by atoms with Gasteiger partial charge in [0.1, 0.15) is 23.0 Å². The molecule has 3 rings (SSSR count). The Morgan fingerprint density at radius 1 is 1.25 bits per heavy atom. The first-order chi connectivity index (χ1) is 9.54. The highest BCUT2D eigenvalue weighted by molar-refractivity contribution is 9.10. The molecule has 0 unspecified atom stereocenters. The van der Waals surface area contributed by atoms with E-state index in [9.17, 15) is 4.39 Å². The van der Waals surface area contributed by atoms with Crippen molar-refractivity contribution in [2.24, 2.45) is 0 Å². The highest BCUT2D eigenvalue weighted by Gasteiger charge is 2.13. The standard InChI is InChI=1S/C11H4BrCl2FN4O/c12-5-1-6(13)7(15)2-8(5)20-10-3-9(14)18-11-16-4-17-19(10)11/h1-4H. The third-order valence-corrected chi connectivity index (χ3v) is 3.48. The topological polar surface area (TPSA) is 52.3 Å². The fraction of sp³-hybridized carbons (Fsp3) is 0. The van der Waals surface area contributed by atoms with Crippen molar-refractivity contribution in [3.05, 3.63) is 45.0 Å². The van der Waals surface area contributed by atoms with E-state index in [4.69, 9.17) is 27.9 Å². The second-order valence-electron chi connectivity index (χ2n) is 3.69. The normalized spacial score (nSPS) is 11.0. The first-order valence-electron chi connectivity index (χ1n) is 5.23. The average molecular weight is 378 g/mol. The first kappa shape index (κ1) is 13.5. The zero-order valence-electron chi connectivity index (χ0n) is 9.52. The van der Waals surface area contributed by atoms with Gasteiger partial charge in [-0.05, 0) is 22.0 Å². The number of hydrogen-bond donors (Lipinski definition) is 0. The van der Waals surface area contributed by atoms with Crippen LogP contribution in [0.2, 0.25) is 10.2 Å². The molecular formula is C11H4BrCl2FN4O. The minimum absolute atomic E-state index is 0.0112. The minimum Gasteiger partial charge on any atom is -0.437 e. The largest absolute Gasteiger partial charge is 0.437 e. The smallest absolute Gasteiger partial charge is 0.256 e. The van der Waals surface area contributed by atoms with Crippen molar-refractivity contribution in [3.8, 4) is 11.6 Å². The van der Waals surface area contributed by atoms with Crippen molar-refractivity contribution >= 4 is 44.9 Å². The van der Waals surface area contributed by atoms with Crippen LogP contribution in [-0.4, -0.2) is 19.6 Å². The van der Waals surface area contributed by atoms with Crippen molar-refractivity contribution in [1.82, 2.24) is 19.6 Å². The van der Waals surface area contributed by atoms with Gasteiger partial charge < -0.3 is 4.74 Å². The summed E-state index contributed by atoms with van der Waals surface area (Å²) in [7, 11) is 0. The van der Waals surface area contributed by atoms with Crippen molar-refractivity contribution in [1.29, 1.82) is 0 Å². The maximum atomic E-state index is 13.5. The molecule has 0 aliphatic heterocycles. The molecule has 0 radical (unpaired) electrons. The second-order valence-corrected chi connectivity index (χ2v) is 5.34. The van der Waals surface area contributed by atoms with Gasteiger partial charge in [-0.1, -0.05) is 23.2 Å². The molecule has 0 amide bonds. The number of rotatable bonds is 2. The molecule has 0 aliphatic rings. The number of fused-ring (bicyclic) bond motifs is 1. The Kier molecular flexibility index (Phi) is 3.49. The molecule has 2 heterocycles. The van der Waals surface area contributed by atoms with Gasteiger partial charge in [0.05, 0.1) is 9.50 Å². The van der Waals surface area contributed by atoms with E-state index in [1.807, 2.05) is 0 Å². The van der Waals surface area contributed by atoms with Crippen molar-refractivity contribution < 1.29 is 9.13 Å². The summed E-state index contributed by atoms with van der Waals surface area (Å²) in [6.07, 6.45) is 1.31. The summed E-state index contributed by atoms with van der Waals surface area (Å²) in [6, 6.07) is 4.00. The van der Waals surface area contributed by atoms with E-state index in [0.29, 0.717) is 4.47 Å². The molecule has 0 saturated heterocycles. The summed E-state index contributed by atoms with van der Waals surface area (Å²) in [6.45, 7) is 0. The lowest BCUT2D eigenvalue weighted by atomic mass is 10.3. The summed E-state index contributed by atoms with van der Waals surface area (Å²) in [5.74, 6) is 0.156. The maximum absolute atomic E-state index is 13.5. The Labute approximate surface area is 130 Å². The lowest BCUT2D eigenvalue weighted by Crippen LogP contribution is -1.98. The predicted octanol–water partition coefficient (Wildman–Crippen LogP) is 4.13. The Hall–Kier alpha value is -1.44. The van der Waals surface area contributed by atoms with Gasteiger partial charge in [-0.25, -0.2) is 4.39 Å². The van der Waals surface area contributed by atoms with E-state index < -0.39 is 5.82 Å². The minimum atomic E-state index is -0.597. The average Bonchev–Trinajstić information content (AvgIpc) is 2.84. The van der Waals surface area contributed by atoms with Crippen LogP contribution in [0.25, 0.3) is 5.78 Å². The fourth-order valence-corrected chi connectivity index (χ4v) is 2.41. The molecule has 5 nitrogen and oxygen atoms in total. The van der Waals surface area contributed by atoms with Gasteiger partial charge in [-0.2, -0.15) is 19.6 Å². The van der Waals surface area contributed by atoms with Crippen LogP contribution in [0.1, 0.15) is 0 Å². The zero-order chi connectivity index (χ0) is 14.3. The number of hydrogen-bond acceptors (Lipinski definition) is 4. The fourth-order valence-electron chi connectivity index (χ4n) is 1.53. The molecule has 102 valence electrons. The molecule has 2 aromatic heterocycles. The number of aromatic nitrogens is 4. The Morgan fingerprint density at radius 2 is 2.05 bits per heavy atom. The molecule has 0 saturated carbocycles. The van der Waals surface area contributed by atoms with E-state index in [2.05, 4.69) is 31.0 Å². The third kappa shape index (κ3) is 2.44. The van der Waals surface area contributed by atoms with Gasteiger partial charge in [0.2, 0.25) is 5.88 Å². The van der Waals surface area contributed by atoms with E-state index in [-0.39, 0.29) is 27.6 Å². The van der Waals surface area contributed by atoms with Crippen LogP contribution < -0.4 is 4.74 Å². The SMILES string of the molecule is Fc1cc(Oc2cc(Cl)nc3ncnn23)c(Br)cc1Cl. The van der Waals surface area contributed by atoms with Gasteiger partial charge in [-0.15, -0.1) is 0 Å². The molecule has 3 aromatic rings. The third-order valence-electron chi connectivity index (χ3n) is 2.38. The summed E-state index contributed by atoms with van der Waals surface area (Å²) >= 11 is 14.8. The molecule has 9 heteroatoms. The van der Waals surface area contributed by atoms with E-state index in [1.54, 1.807) is 0 Å². The summed E-state index contributed by atoms with van der Waals surface area (Å²) < 4.78 is 20.9. The van der Waals surface area contributed by atoms with Crippen LogP contribution in [0.5, 0.6) is 11.6 Å². The van der Waals surface area contributed by atoms with Gasteiger partial charge >= 0.3 is 0 Å². The van der Waals surface area contributed by atoms with E-state index in [1.165, 1.54) is 23.0 Å². The molecule has 1 aromatic carbocycles. The molecule has 0 aliphatic carbocycles. The number of ether oxygens (including phenoxy) is 1. The highest BCUT2D eigenvalue weighted by atomic mass is 79.9. The quantitative estimate of drug-likeness (QED) is 0.497. The molecule has 0 spiro atoms. The highest BCUT2D eigenvalue weighted by Crippen LogP contribution is 2.34. The van der Waals surface area contributed by atoms with Crippen LogP contribution in [0.3, 0.4) is 0 Å². The maximum Gasteiger partial charge on any atom is 0.256 e. The Morgan fingerprint density at radius 3 is 2.85 bits per heavy atom. The number of nitrogens with zero attached hydrogens (tertiary/aromatic N) is 4. The first-order valence-corrected chi connectivity index (χ1v) is 6.78. The molecule has 20 heavy (non-hydrogen) atoms. The molecular weight excluding hydrogens is 374 g/mol. The van der Waals surface area contributed by atoms with Crippen LogP contribution in [-0.2, 0) is 0 Å². The van der Waals surface area contributed by atoms with Crippen molar-refractivity contribution in [2.75, 3.05) is 0 Å². The van der Waals surface area contributed by atoms with Gasteiger partial charge in [0, 0.05) is 12.1 Å². The van der Waals surface area contributed by atoms with Crippen molar-refractivity contribution in [2.45, 2.75) is 0 Å². The van der Waals surface area contributed by atoms with Crippen LogP contribution in [0, 0.1) is 5.82 Å². The van der Waals surface area contributed by atoms with Gasteiger partial charge in [0.25, 0.3) is 5.78 Å². The lowest BCUT2D eigenvalue weighted by Gasteiger charge is -2.09. The summed E-state index contributed by atoms with van der Waals surface area (Å²) in [4.78, 5) is 7.87. The molecule has 0 atom stereocenters. The van der Waals surface area contributed by atoms with Crippen molar-refractivity contribution in [3.63, 3.8) is 0 Å². The van der Waals surface area contributed by atoms with Crippen LogP contribution >= 0.6 is 39.1 Å². The molecule has 0 N–H and O–H groups in total.